The van der Waals surface area contributed by atoms with Gasteiger partial charge in [-0.25, -0.2) is 9.37 Å². The zero-order valence-electron chi connectivity index (χ0n) is 9.70. The van der Waals surface area contributed by atoms with E-state index in [9.17, 15) is 9.18 Å². The number of aromatic nitrogens is 1. The monoisotopic (exact) mass is 232 g/mol. The lowest BCUT2D eigenvalue weighted by atomic mass is 10.2. The van der Waals surface area contributed by atoms with Gasteiger partial charge in [-0.1, -0.05) is 6.07 Å². The van der Waals surface area contributed by atoms with Crippen LogP contribution < -0.4 is 5.32 Å². The van der Waals surface area contributed by atoms with E-state index in [2.05, 4.69) is 10.3 Å². The van der Waals surface area contributed by atoms with Crippen LogP contribution in [0.4, 0.5) is 4.39 Å². The van der Waals surface area contributed by atoms with Gasteiger partial charge in [-0.3, -0.25) is 4.79 Å². The van der Waals surface area contributed by atoms with Crippen molar-refractivity contribution in [2.75, 3.05) is 0 Å². The Balaban J connectivity index is 2.38. The number of fused-ring (bicyclic) bond motifs is 1. The van der Waals surface area contributed by atoms with Gasteiger partial charge in [0.1, 0.15) is 11.5 Å². The highest BCUT2D eigenvalue weighted by molar-refractivity contribution is 5.94. The Morgan fingerprint density at radius 2 is 2.06 bits per heavy atom. The second-order valence-corrected chi connectivity index (χ2v) is 4.16. The lowest BCUT2D eigenvalue weighted by Gasteiger charge is -2.08. The molecule has 1 heterocycles. The molecule has 0 spiro atoms. The van der Waals surface area contributed by atoms with Crippen LogP contribution in [-0.4, -0.2) is 16.9 Å². The molecule has 1 amide bonds. The fraction of sp³-hybridized carbons (Fsp3) is 0.231. The fourth-order valence-corrected chi connectivity index (χ4v) is 1.56. The molecule has 17 heavy (non-hydrogen) atoms. The van der Waals surface area contributed by atoms with E-state index < -0.39 is 0 Å². The first kappa shape index (κ1) is 11.5. The Labute approximate surface area is 98.7 Å². The molecule has 1 N–H and O–H groups in total. The number of halogens is 1. The number of hydrogen-bond acceptors (Lipinski definition) is 2. The van der Waals surface area contributed by atoms with Gasteiger partial charge in [0, 0.05) is 11.4 Å². The molecule has 0 fully saturated rings. The number of hydrogen-bond donors (Lipinski definition) is 1. The minimum atomic E-state index is -0.307. The van der Waals surface area contributed by atoms with Gasteiger partial charge in [-0.15, -0.1) is 0 Å². The van der Waals surface area contributed by atoms with Crippen molar-refractivity contribution in [2.45, 2.75) is 19.9 Å². The molecule has 0 aliphatic heterocycles. The summed E-state index contributed by atoms with van der Waals surface area (Å²) in [6.07, 6.45) is 0. The van der Waals surface area contributed by atoms with E-state index in [1.807, 2.05) is 13.8 Å². The molecule has 0 unspecified atom stereocenters. The largest absolute Gasteiger partial charge is 0.349 e. The molecule has 4 heteroatoms. The number of rotatable bonds is 2. The van der Waals surface area contributed by atoms with Crippen LogP contribution in [0.25, 0.3) is 10.9 Å². The van der Waals surface area contributed by atoms with Crippen molar-refractivity contribution >= 4 is 16.8 Å². The van der Waals surface area contributed by atoms with Crippen LogP contribution in [0.3, 0.4) is 0 Å². The highest BCUT2D eigenvalue weighted by atomic mass is 19.1. The van der Waals surface area contributed by atoms with E-state index in [1.165, 1.54) is 12.1 Å². The van der Waals surface area contributed by atoms with Crippen molar-refractivity contribution in [1.82, 2.24) is 10.3 Å². The van der Waals surface area contributed by atoms with Crippen LogP contribution in [-0.2, 0) is 0 Å². The van der Waals surface area contributed by atoms with E-state index in [0.29, 0.717) is 16.6 Å². The van der Waals surface area contributed by atoms with Crippen LogP contribution in [0.15, 0.2) is 30.3 Å². The first-order chi connectivity index (χ1) is 8.06. The molecule has 2 aromatic rings. The van der Waals surface area contributed by atoms with E-state index in [1.54, 1.807) is 18.2 Å². The third kappa shape index (κ3) is 2.58. The molecule has 0 aliphatic rings. The van der Waals surface area contributed by atoms with Crippen LogP contribution in [0.2, 0.25) is 0 Å². The summed E-state index contributed by atoms with van der Waals surface area (Å²) in [5, 5.41) is 3.45. The predicted molar refractivity (Wildman–Crippen MR) is 64.3 cm³/mol. The molecule has 3 nitrogen and oxygen atoms in total. The molecular formula is C13H13FN2O. The molecule has 0 saturated carbocycles. The Morgan fingerprint density at radius 3 is 2.76 bits per heavy atom. The van der Waals surface area contributed by atoms with E-state index >= 15 is 0 Å². The van der Waals surface area contributed by atoms with Gasteiger partial charge in [-0.05, 0) is 38.1 Å². The fourth-order valence-electron chi connectivity index (χ4n) is 1.56. The maximum absolute atomic E-state index is 13.0. The normalized spacial score (nSPS) is 10.8. The van der Waals surface area contributed by atoms with Crippen molar-refractivity contribution in [3.05, 3.63) is 41.8 Å². The second-order valence-electron chi connectivity index (χ2n) is 4.16. The summed E-state index contributed by atoms with van der Waals surface area (Å²) in [6.45, 7) is 3.77. The first-order valence-corrected chi connectivity index (χ1v) is 5.43. The first-order valence-electron chi connectivity index (χ1n) is 5.43. The van der Waals surface area contributed by atoms with Gasteiger partial charge < -0.3 is 5.32 Å². The molecule has 0 atom stereocenters. The molecule has 1 aromatic heterocycles. The molecular weight excluding hydrogens is 219 g/mol. The standard InChI is InChI=1S/C13H13FN2O/c1-8(2)15-13(17)12-5-3-9-7-10(14)4-6-11(9)16-12/h3-8H,1-2H3,(H,15,17). The SMILES string of the molecule is CC(C)NC(=O)c1ccc2cc(F)ccc2n1. The second kappa shape index (κ2) is 4.49. The summed E-state index contributed by atoms with van der Waals surface area (Å²) >= 11 is 0. The highest BCUT2D eigenvalue weighted by Crippen LogP contribution is 2.14. The number of pyridine rings is 1. The average molecular weight is 232 g/mol. The van der Waals surface area contributed by atoms with Gasteiger partial charge in [0.15, 0.2) is 0 Å². The maximum Gasteiger partial charge on any atom is 0.270 e. The zero-order valence-corrected chi connectivity index (χ0v) is 9.70. The van der Waals surface area contributed by atoms with Crippen LogP contribution in [0.5, 0.6) is 0 Å². The lowest BCUT2D eigenvalue weighted by molar-refractivity contribution is 0.0938. The summed E-state index contributed by atoms with van der Waals surface area (Å²) in [7, 11) is 0. The zero-order chi connectivity index (χ0) is 12.4. The number of nitrogens with one attached hydrogen (secondary N) is 1. The van der Waals surface area contributed by atoms with Crippen molar-refractivity contribution in [2.24, 2.45) is 0 Å². The number of benzene rings is 1. The van der Waals surface area contributed by atoms with Gasteiger partial charge in [0.2, 0.25) is 0 Å². The van der Waals surface area contributed by atoms with Crippen LogP contribution in [0, 0.1) is 5.82 Å². The minimum absolute atomic E-state index is 0.0632. The maximum atomic E-state index is 13.0. The Hall–Kier alpha value is -1.97. The molecule has 0 saturated heterocycles. The molecule has 0 bridgehead atoms. The Kier molecular flexibility index (Phi) is 3.04. The minimum Gasteiger partial charge on any atom is -0.349 e. The third-order valence-corrected chi connectivity index (χ3v) is 2.30. The topological polar surface area (TPSA) is 42.0 Å². The number of carbonyl (C=O) groups is 1. The highest BCUT2D eigenvalue weighted by Gasteiger charge is 2.09. The van der Waals surface area contributed by atoms with Crippen molar-refractivity contribution < 1.29 is 9.18 Å². The Bertz CT molecular complexity index is 566. The number of nitrogens with zero attached hydrogens (tertiary/aromatic N) is 1. The molecule has 0 radical (unpaired) electrons. The quantitative estimate of drug-likeness (QED) is 0.864. The van der Waals surface area contributed by atoms with Crippen molar-refractivity contribution in [3.8, 4) is 0 Å². The molecule has 88 valence electrons. The molecule has 1 aromatic carbocycles. The van der Waals surface area contributed by atoms with E-state index in [4.69, 9.17) is 0 Å². The van der Waals surface area contributed by atoms with E-state index in [0.717, 1.165) is 0 Å². The van der Waals surface area contributed by atoms with Gasteiger partial charge >= 0.3 is 0 Å². The van der Waals surface area contributed by atoms with Gasteiger partial charge in [0.05, 0.1) is 5.52 Å². The number of amides is 1. The smallest absolute Gasteiger partial charge is 0.270 e. The summed E-state index contributed by atoms with van der Waals surface area (Å²) in [5.41, 5.74) is 0.959. The van der Waals surface area contributed by atoms with Gasteiger partial charge in [0.25, 0.3) is 5.91 Å². The number of carbonyl (C=O) groups excluding carboxylic acids is 1. The predicted octanol–water partition coefficient (Wildman–Crippen LogP) is 2.51. The summed E-state index contributed by atoms with van der Waals surface area (Å²) in [6, 6.07) is 7.65. The van der Waals surface area contributed by atoms with Crippen LogP contribution >= 0.6 is 0 Å². The Morgan fingerprint density at radius 1 is 1.29 bits per heavy atom. The lowest BCUT2D eigenvalue weighted by Crippen LogP contribution is -2.30. The summed E-state index contributed by atoms with van der Waals surface area (Å²) < 4.78 is 13.0. The van der Waals surface area contributed by atoms with E-state index in [-0.39, 0.29) is 17.8 Å². The third-order valence-electron chi connectivity index (χ3n) is 2.30. The molecule has 0 aliphatic carbocycles. The molecule has 2 rings (SSSR count). The summed E-state index contributed by atoms with van der Waals surface area (Å²) in [4.78, 5) is 15.9. The average Bonchev–Trinajstić information content (AvgIpc) is 2.27. The van der Waals surface area contributed by atoms with Crippen LogP contribution in [0.1, 0.15) is 24.3 Å². The van der Waals surface area contributed by atoms with Gasteiger partial charge in [-0.2, -0.15) is 0 Å². The summed E-state index contributed by atoms with van der Waals surface area (Å²) in [5.74, 6) is -0.523. The van der Waals surface area contributed by atoms with Crippen molar-refractivity contribution in [1.29, 1.82) is 0 Å². The van der Waals surface area contributed by atoms with Crippen molar-refractivity contribution in [3.63, 3.8) is 0 Å².